The van der Waals surface area contributed by atoms with Gasteiger partial charge in [-0.15, -0.1) is 0 Å². The molecular weight excluding hydrogens is 151 g/mol. The van der Waals surface area contributed by atoms with Crippen molar-refractivity contribution in [1.82, 2.24) is 0 Å². The zero-order chi connectivity index (χ0) is 6.57. The van der Waals surface area contributed by atoms with Crippen LogP contribution in [0.4, 0.5) is 9.59 Å². The summed E-state index contributed by atoms with van der Waals surface area (Å²) < 4.78 is 0. The van der Waals surface area contributed by atoms with E-state index in [1.165, 1.54) is 0 Å². The maximum atomic E-state index is 9.66. The second-order valence-corrected chi connectivity index (χ2v) is 0.876. The molecule has 0 rings (SSSR count). The quantitative estimate of drug-likeness (QED) is 0.344. The molecule has 4 N–H and O–H groups in total. The number of carbonyl (C=O) groups is 2. The molecular formula is C2H5KN4O2. The van der Waals surface area contributed by atoms with Crippen LogP contribution in [-0.2, 0) is 0 Å². The SMILES string of the molecule is NC(=O)/N=N/C(N)=O.[KH]. The Labute approximate surface area is 93.5 Å². The number of hydrogen-bond acceptors (Lipinski definition) is 2. The number of amides is 4. The van der Waals surface area contributed by atoms with Gasteiger partial charge in [0.05, 0.1) is 0 Å². The van der Waals surface area contributed by atoms with Crippen molar-refractivity contribution in [2.24, 2.45) is 21.7 Å². The van der Waals surface area contributed by atoms with E-state index in [-0.39, 0.29) is 51.4 Å². The van der Waals surface area contributed by atoms with Gasteiger partial charge in [-0.2, -0.15) is 0 Å². The molecule has 0 unspecified atom stereocenters. The van der Waals surface area contributed by atoms with Crippen LogP contribution in [0.15, 0.2) is 10.2 Å². The molecule has 46 valence electrons. The van der Waals surface area contributed by atoms with Crippen LogP contribution in [0, 0.1) is 0 Å². The van der Waals surface area contributed by atoms with E-state index in [9.17, 15) is 9.59 Å². The topological polar surface area (TPSA) is 111 Å². The van der Waals surface area contributed by atoms with Gasteiger partial charge in [0.15, 0.2) is 0 Å². The Hall–Kier alpha value is 0.176. The molecule has 0 fully saturated rings. The zero-order valence-electron chi connectivity index (χ0n) is 3.87. The van der Waals surface area contributed by atoms with Crippen LogP contribution < -0.4 is 11.5 Å². The minimum atomic E-state index is -1.04. The van der Waals surface area contributed by atoms with E-state index in [0.29, 0.717) is 0 Å². The number of nitrogens with two attached hydrogens (primary N) is 2. The minimum absolute atomic E-state index is 0. The number of urea groups is 2. The van der Waals surface area contributed by atoms with E-state index in [1.54, 1.807) is 0 Å². The van der Waals surface area contributed by atoms with Gasteiger partial charge in [0.2, 0.25) is 0 Å². The summed E-state index contributed by atoms with van der Waals surface area (Å²) in [5.41, 5.74) is 8.87. The Morgan fingerprint density at radius 1 is 1.00 bits per heavy atom. The van der Waals surface area contributed by atoms with Crippen molar-refractivity contribution in [3.05, 3.63) is 0 Å². The number of azo groups is 1. The molecule has 6 nitrogen and oxygen atoms in total. The Bertz CT molecular complexity index is 128. The van der Waals surface area contributed by atoms with Gasteiger partial charge in [0, 0.05) is 0 Å². The fourth-order valence-electron chi connectivity index (χ4n) is 0.0986. The Balaban J connectivity index is 0. The van der Waals surface area contributed by atoms with Crippen molar-refractivity contribution in [3.8, 4) is 0 Å². The molecule has 4 amide bonds. The molecule has 9 heavy (non-hydrogen) atoms. The summed E-state index contributed by atoms with van der Waals surface area (Å²) in [6.45, 7) is 0. The predicted octanol–water partition coefficient (Wildman–Crippen LogP) is -1.05. The van der Waals surface area contributed by atoms with Gasteiger partial charge < -0.3 is 11.5 Å². The third-order valence-electron chi connectivity index (χ3n) is 0.247. The van der Waals surface area contributed by atoms with Gasteiger partial charge in [-0.05, 0) is 0 Å². The molecule has 0 bridgehead atoms. The molecule has 0 aliphatic heterocycles. The molecule has 0 spiro atoms. The first-order valence-electron chi connectivity index (χ1n) is 1.63. The summed E-state index contributed by atoms with van der Waals surface area (Å²) in [4.78, 5) is 19.3. The summed E-state index contributed by atoms with van der Waals surface area (Å²) in [7, 11) is 0. The van der Waals surface area contributed by atoms with Gasteiger partial charge in [0.1, 0.15) is 0 Å². The summed E-state index contributed by atoms with van der Waals surface area (Å²) in [5, 5.41) is 5.23. The van der Waals surface area contributed by atoms with Crippen molar-refractivity contribution < 1.29 is 9.59 Å². The standard InChI is InChI=1S/C2H4N4O2.K.H/c3-1(7)5-6-2(4)8;;/h(H2,3,7)(H2,4,8);;/b6-5+;;. The van der Waals surface area contributed by atoms with E-state index in [2.05, 4.69) is 21.7 Å². The van der Waals surface area contributed by atoms with Gasteiger partial charge in [-0.1, -0.05) is 10.2 Å². The van der Waals surface area contributed by atoms with Crippen molar-refractivity contribution in [2.45, 2.75) is 0 Å². The second kappa shape index (κ2) is 6.30. The van der Waals surface area contributed by atoms with E-state index in [0.717, 1.165) is 0 Å². The molecule has 0 heterocycles. The van der Waals surface area contributed by atoms with Crippen LogP contribution in [-0.4, -0.2) is 63.4 Å². The van der Waals surface area contributed by atoms with Crippen LogP contribution in [0.3, 0.4) is 0 Å². The van der Waals surface area contributed by atoms with Crippen LogP contribution in [0.5, 0.6) is 0 Å². The molecule has 0 aliphatic rings. The van der Waals surface area contributed by atoms with Crippen LogP contribution in [0.2, 0.25) is 0 Å². The fraction of sp³-hybridized carbons (Fsp3) is 0. The van der Waals surface area contributed by atoms with E-state index < -0.39 is 12.1 Å². The third-order valence-corrected chi connectivity index (χ3v) is 0.247. The predicted molar refractivity (Wildman–Crippen MR) is 31.2 cm³/mol. The summed E-state index contributed by atoms with van der Waals surface area (Å²) in [6, 6.07) is -2.08. The average molecular weight is 156 g/mol. The molecule has 0 aromatic heterocycles. The van der Waals surface area contributed by atoms with Crippen molar-refractivity contribution >= 4 is 63.4 Å². The third kappa shape index (κ3) is 11.6. The van der Waals surface area contributed by atoms with Gasteiger partial charge in [-0.25, -0.2) is 9.59 Å². The van der Waals surface area contributed by atoms with Crippen molar-refractivity contribution in [2.75, 3.05) is 0 Å². The molecule has 0 aromatic carbocycles. The number of carbonyl (C=O) groups excluding carboxylic acids is 2. The van der Waals surface area contributed by atoms with E-state index >= 15 is 0 Å². The summed E-state index contributed by atoms with van der Waals surface area (Å²) in [5.74, 6) is 0. The summed E-state index contributed by atoms with van der Waals surface area (Å²) in [6.07, 6.45) is 0. The normalized spacial score (nSPS) is 8.44. The average Bonchev–Trinajstić information content (AvgIpc) is 1.61. The Kier molecular flexibility index (Phi) is 8.34. The van der Waals surface area contributed by atoms with Crippen LogP contribution in [0.1, 0.15) is 0 Å². The first-order chi connectivity index (χ1) is 3.63. The molecule has 0 atom stereocenters. The molecule has 0 saturated carbocycles. The molecule has 0 aliphatic carbocycles. The first-order valence-corrected chi connectivity index (χ1v) is 1.63. The number of primary amides is 2. The monoisotopic (exact) mass is 156 g/mol. The number of hydrogen-bond donors (Lipinski definition) is 2. The fourth-order valence-corrected chi connectivity index (χ4v) is 0.0986. The number of nitrogens with zero attached hydrogens (tertiary/aromatic N) is 2. The van der Waals surface area contributed by atoms with Crippen molar-refractivity contribution in [3.63, 3.8) is 0 Å². The molecule has 7 heteroatoms. The Morgan fingerprint density at radius 2 is 1.22 bits per heavy atom. The first kappa shape index (κ1) is 11.9. The number of rotatable bonds is 0. The maximum absolute atomic E-state index is 9.66. The molecule has 0 aromatic rings. The van der Waals surface area contributed by atoms with Crippen LogP contribution >= 0.6 is 0 Å². The van der Waals surface area contributed by atoms with E-state index in [1.807, 2.05) is 0 Å². The van der Waals surface area contributed by atoms with Crippen molar-refractivity contribution in [1.29, 1.82) is 0 Å². The van der Waals surface area contributed by atoms with Crippen LogP contribution in [0.25, 0.3) is 0 Å². The van der Waals surface area contributed by atoms with E-state index in [4.69, 9.17) is 0 Å². The molecule has 0 radical (unpaired) electrons. The second-order valence-electron chi connectivity index (χ2n) is 0.876. The van der Waals surface area contributed by atoms with Gasteiger partial charge in [0.25, 0.3) is 0 Å². The zero-order valence-corrected chi connectivity index (χ0v) is 3.87. The van der Waals surface area contributed by atoms with Gasteiger partial charge >= 0.3 is 63.4 Å². The Morgan fingerprint density at radius 3 is 1.33 bits per heavy atom. The van der Waals surface area contributed by atoms with Gasteiger partial charge in [-0.3, -0.25) is 0 Å². The molecule has 0 saturated heterocycles. The summed E-state index contributed by atoms with van der Waals surface area (Å²) >= 11 is 0.